The summed E-state index contributed by atoms with van der Waals surface area (Å²) in [4.78, 5) is 12.6. The molecule has 1 N–H and O–H groups in total. The Morgan fingerprint density at radius 2 is 2.20 bits per heavy atom. The third-order valence-corrected chi connectivity index (χ3v) is 2.27. The van der Waals surface area contributed by atoms with Crippen molar-refractivity contribution < 1.29 is 14.3 Å². The van der Waals surface area contributed by atoms with Crippen molar-refractivity contribution >= 4 is 5.97 Å². The first-order chi connectivity index (χ1) is 7.04. The van der Waals surface area contributed by atoms with Crippen molar-refractivity contribution in [1.82, 2.24) is 4.90 Å². The molecule has 0 saturated heterocycles. The quantitative estimate of drug-likeness (QED) is 0.827. The van der Waals surface area contributed by atoms with Crippen LogP contribution in [0.2, 0.25) is 0 Å². The van der Waals surface area contributed by atoms with Gasteiger partial charge in [-0.3, -0.25) is 0 Å². The van der Waals surface area contributed by atoms with E-state index in [2.05, 4.69) is 0 Å². The molecule has 0 spiro atoms. The van der Waals surface area contributed by atoms with Gasteiger partial charge in [0.25, 0.3) is 0 Å². The molecule has 0 aliphatic carbocycles. The van der Waals surface area contributed by atoms with E-state index in [1.807, 2.05) is 18.9 Å². The molecule has 0 radical (unpaired) electrons. The molecular formula is C11H14FNO2. The molecule has 3 nitrogen and oxygen atoms in total. The lowest BCUT2D eigenvalue weighted by Crippen LogP contribution is -2.18. The first-order valence-corrected chi connectivity index (χ1v) is 4.75. The average molecular weight is 211 g/mol. The van der Waals surface area contributed by atoms with E-state index in [0.29, 0.717) is 12.1 Å². The monoisotopic (exact) mass is 211 g/mol. The number of carboxylic acids is 1. The lowest BCUT2D eigenvalue weighted by atomic mass is 10.1. The Bertz CT molecular complexity index is 366. The molecule has 0 aliphatic heterocycles. The highest BCUT2D eigenvalue weighted by Gasteiger charge is 2.09. The predicted molar refractivity (Wildman–Crippen MR) is 55.4 cm³/mol. The summed E-state index contributed by atoms with van der Waals surface area (Å²) >= 11 is 0. The summed E-state index contributed by atoms with van der Waals surface area (Å²) < 4.78 is 13.3. The Balaban J connectivity index is 2.95. The molecule has 0 heterocycles. The van der Waals surface area contributed by atoms with Crippen LogP contribution in [-0.4, -0.2) is 29.6 Å². The number of aromatic carboxylic acids is 1. The van der Waals surface area contributed by atoms with Crippen LogP contribution in [-0.2, 0) is 6.54 Å². The molecule has 1 aromatic rings. The Labute approximate surface area is 88.1 Å². The van der Waals surface area contributed by atoms with Crippen molar-refractivity contribution in [1.29, 1.82) is 0 Å². The van der Waals surface area contributed by atoms with E-state index >= 15 is 0 Å². The summed E-state index contributed by atoms with van der Waals surface area (Å²) in [6.45, 7) is 3.17. The molecule has 0 fully saturated rings. The van der Waals surface area contributed by atoms with Gasteiger partial charge in [0.1, 0.15) is 5.82 Å². The third-order valence-electron chi connectivity index (χ3n) is 2.27. The number of hydrogen-bond acceptors (Lipinski definition) is 2. The fraction of sp³-hybridized carbons (Fsp3) is 0.364. The molecule has 0 saturated carbocycles. The molecule has 0 atom stereocenters. The number of carboxylic acid groups (broad SMARTS) is 1. The molecule has 4 heteroatoms. The highest BCUT2D eigenvalue weighted by Crippen LogP contribution is 2.12. The Morgan fingerprint density at radius 3 is 2.73 bits per heavy atom. The van der Waals surface area contributed by atoms with Gasteiger partial charge in [-0.25, -0.2) is 9.18 Å². The van der Waals surface area contributed by atoms with Gasteiger partial charge in [0.15, 0.2) is 0 Å². The fourth-order valence-electron chi connectivity index (χ4n) is 1.23. The number of nitrogens with zero attached hydrogens (tertiary/aromatic N) is 1. The van der Waals surface area contributed by atoms with Gasteiger partial charge in [0.2, 0.25) is 0 Å². The summed E-state index contributed by atoms with van der Waals surface area (Å²) in [5, 5.41) is 8.76. The standard InChI is InChI=1S/C11H14FNO2/c1-3-13(2)7-9-6-8(11(14)15)4-5-10(9)12/h4-6H,3,7H2,1-2H3,(H,14,15). The van der Waals surface area contributed by atoms with E-state index < -0.39 is 5.97 Å². The van der Waals surface area contributed by atoms with Crippen molar-refractivity contribution in [3.8, 4) is 0 Å². The maximum absolute atomic E-state index is 13.3. The van der Waals surface area contributed by atoms with E-state index in [0.717, 1.165) is 6.54 Å². The van der Waals surface area contributed by atoms with Gasteiger partial charge < -0.3 is 10.0 Å². The zero-order valence-electron chi connectivity index (χ0n) is 8.83. The smallest absolute Gasteiger partial charge is 0.335 e. The topological polar surface area (TPSA) is 40.5 Å². The van der Waals surface area contributed by atoms with Gasteiger partial charge in [-0.1, -0.05) is 6.92 Å². The minimum absolute atomic E-state index is 0.121. The van der Waals surface area contributed by atoms with Crippen LogP contribution in [0.25, 0.3) is 0 Å². The van der Waals surface area contributed by atoms with Crippen LogP contribution in [0.3, 0.4) is 0 Å². The van der Waals surface area contributed by atoms with Crippen molar-refractivity contribution in [3.05, 3.63) is 35.1 Å². The zero-order chi connectivity index (χ0) is 11.4. The summed E-state index contributed by atoms with van der Waals surface area (Å²) in [5.41, 5.74) is 0.537. The normalized spacial score (nSPS) is 10.7. The van der Waals surface area contributed by atoms with Gasteiger partial charge in [-0.05, 0) is 31.8 Å². The molecule has 1 aromatic carbocycles. The van der Waals surface area contributed by atoms with Crippen LogP contribution < -0.4 is 0 Å². The maximum atomic E-state index is 13.3. The van der Waals surface area contributed by atoms with Crippen LogP contribution in [0, 0.1) is 5.82 Å². The number of benzene rings is 1. The van der Waals surface area contributed by atoms with Gasteiger partial charge >= 0.3 is 5.97 Å². The molecule has 0 unspecified atom stereocenters. The second-order valence-corrected chi connectivity index (χ2v) is 3.44. The molecule has 0 amide bonds. The van der Waals surface area contributed by atoms with Gasteiger partial charge in [0.05, 0.1) is 5.56 Å². The summed E-state index contributed by atoms with van der Waals surface area (Å²) in [5.74, 6) is -1.39. The Hall–Kier alpha value is -1.42. The zero-order valence-corrected chi connectivity index (χ0v) is 8.83. The van der Waals surface area contributed by atoms with Crippen molar-refractivity contribution in [3.63, 3.8) is 0 Å². The third kappa shape index (κ3) is 3.02. The minimum Gasteiger partial charge on any atom is -0.478 e. The first-order valence-electron chi connectivity index (χ1n) is 4.75. The first kappa shape index (κ1) is 11.7. The van der Waals surface area contributed by atoms with Crippen LogP contribution >= 0.6 is 0 Å². The lowest BCUT2D eigenvalue weighted by Gasteiger charge is -2.14. The van der Waals surface area contributed by atoms with Crippen LogP contribution in [0.1, 0.15) is 22.8 Å². The van der Waals surface area contributed by atoms with Gasteiger partial charge in [-0.15, -0.1) is 0 Å². The number of halogens is 1. The summed E-state index contributed by atoms with van der Waals surface area (Å²) in [6.07, 6.45) is 0. The number of carbonyl (C=O) groups is 1. The second-order valence-electron chi connectivity index (χ2n) is 3.44. The second kappa shape index (κ2) is 4.89. The fourth-order valence-corrected chi connectivity index (χ4v) is 1.23. The van der Waals surface area contributed by atoms with Crippen LogP contribution in [0.5, 0.6) is 0 Å². The van der Waals surface area contributed by atoms with Crippen molar-refractivity contribution in [2.45, 2.75) is 13.5 Å². The Kier molecular flexibility index (Phi) is 3.80. The molecule has 15 heavy (non-hydrogen) atoms. The summed E-state index contributed by atoms with van der Waals surface area (Å²) in [6, 6.07) is 3.85. The van der Waals surface area contributed by atoms with E-state index in [-0.39, 0.29) is 11.4 Å². The largest absolute Gasteiger partial charge is 0.478 e. The van der Waals surface area contributed by atoms with Crippen molar-refractivity contribution in [2.75, 3.05) is 13.6 Å². The molecule has 0 aromatic heterocycles. The molecular weight excluding hydrogens is 197 g/mol. The highest BCUT2D eigenvalue weighted by molar-refractivity contribution is 5.87. The van der Waals surface area contributed by atoms with E-state index in [9.17, 15) is 9.18 Å². The van der Waals surface area contributed by atoms with Gasteiger partial charge in [0, 0.05) is 12.1 Å². The van der Waals surface area contributed by atoms with Crippen LogP contribution in [0.4, 0.5) is 4.39 Å². The summed E-state index contributed by atoms with van der Waals surface area (Å²) in [7, 11) is 1.85. The SMILES string of the molecule is CCN(C)Cc1cc(C(=O)O)ccc1F. The molecule has 1 rings (SSSR count). The number of rotatable bonds is 4. The Morgan fingerprint density at radius 1 is 1.53 bits per heavy atom. The lowest BCUT2D eigenvalue weighted by molar-refractivity contribution is 0.0696. The predicted octanol–water partition coefficient (Wildman–Crippen LogP) is 1.98. The van der Waals surface area contributed by atoms with E-state index in [1.165, 1.54) is 18.2 Å². The van der Waals surface area contributed by atoms with E-state index in [4.69, 9.17) is 5.11 Å². The van der Waals surface area contributed by atoms with E-state index in [1.54, 1.807) is 0 Å². The van der Waals surface area contributed by atoms with Crippen molar-refractivity contribution in [2.24, 2.45) is 0 Å². The molecule has 0 bridgehead atoms. The maximum Gasteiger partial charge on any atom is 0.335 e. The molecule has 82 valence electrons. The van der Waals surface area contributed by atoms with Gasteiger partial charge in [-0.2, -0.15) is 0 Å². The minimum atomic E-state index is -1.03. The number of hydrogen-bond donors (Lipinski definition) is 1. The molecule has 0 aliphatic rings. The highest BCUT2D eigenvalue weighted by atomic mass is 19.1. The average Bonchev–Trinajstić information content (AvgIpc) is 2.20. The van der Waals surface area contributed by atoms with Crippen LogP contribution in [0.15, 0.2) is 18.2 Å².